The van der Waals surface area contributed by atoms with E-state index in [1.54, 1.807) is 12.1 Å². The first-order valence-corrected chi connectivity index (χ1v) is 7.94. The van der Waals surface area contributed by atoms with Crippen LogP contribution in [0.3, 0.4) is 0 Å². The van der Waals surface area contributed by atoms with Gasteiger partial charge in [-0.25, -0.2) is 0 Å². The van der Waals surface area contributed by atoms with Gasteiger partial charge in [0.15, 0.2) is 0 Å². The van der Waals surface area contributed by atoms with Gasteiger partial charge in [0, 0.05) is 36.6 Å². The highest BCUT2D eigenvalue weighted by Crippen LogP contribution is 2.32. The van der Waals surface area contributed by atoms with Gasteiger partial charge in [0.25, 0.3) is 0 Å². The van der Waals surface area contributed by atoms with Crippen molar-refractivity contribution in [3.63, 3.8) is 0 Å². The zero-order valence-electron chi connectivity index (χ0n) is 12.8. The molecule has 2 rings (SSSR count). The summed E-state index contributed by atoms with van der Waals surface area (Å²) in [6, 6.07) is 5.31. The average molecular weight is 324 g/mol. The molecule has 0 aromatic heterocycles. The SMILES string of the molecule is CC(=O)Nc1ccc(Cl)c(CN(CCCN)C(=O)C2CC2)c1. The Labute approximate surface area is 135 Å². The number of nitrogens with zero attached hydrogens (tertiary/aromatic N) is 1. The molecule has 5 nitrogen and oxygen atoms in total. The van der Waals surface area contributed by atoms with Crippen molar-refractivity contribution in [2.24, 2.45) is 11.7 Å². The molecule has 0 bridgehead atoms. The summed E-state index contributed by atoms with van der Waals surface area (Å²) >= 11 is 6.24. The van der Waals surface area contributed by atoms with E-state index in [0.29, 0.717) is 30.3 Å². The van der Waals surface area contributed by atoms with E-state index in [1.807, 2.05) is 11.0 Å². The standard InChI is InChI=1S/C16H22ClN3O2/c1-11(21)19-14-5-6-15(17)13(9-14)10-20(8-2-7-18)16(22)12-3-4-12/h5-6,9,12H,2-4,7-8,10,18H2,1H3,(H,19,21). The average Bonchev–Trinajstić information content (AvgIpc) is 3.30. The van der Waals surface area contributed by atoms with E-state index in [9.17, 15) is 9.59 Å². The molecule has 0 heterocycles. The molecule has 1 fully saturated rings. The Hall–Kier alpha value is -1.59. The van der Waals surface area contributed by atoms with E-state index in [2.05, 4.69) is 5.32 Å². The van der Waals surface area contributed by atoms with Crippen molar-refractivity contribution in [1.82, 2.24) is 4.90 Å². The van der Waals surface area contributed by atoms with Crippen molar-refractivity contribution in [2.75, 3.05) is 18.4 Å². The molecule has 0 atom stereocenters. The number of carbonyl (C=O) groups is 2. The molecule has 1 saturated carbocycles. The minimum atomic E-state index is -0.137. The largest absolute Gasteiger partial charge is 0.338 e. The second-order valence-corrected chi connectivity index (χ2v) is 6.07. The normalized spacial score (nSPS) is 13.8. The van der Waals surface area contributed by atoms with Gasteiger partial charge in [-0.15, -0.1) is 0 Å². The third-order valence-corrected chi connectivity index (χ3v) is 3.97. The Bertz CT molecular complexity index is 558. The van der Waals surface area contributed by atoms with E-state index >= 15 is 0 Å². The molecule has 1 aromatic rings. The maximum atomic E-state index is 12.4. The lowest BCUT2D eigenvalue weighted by Crippen LogP contribution is -2.33. The molecule has 22 heavy (non-hydrogen) atoms. The van der Waals surface area contributed by atoms with Gasteiger partial charge < -0.3 is 16.0 Å². The molecule has 1 aliphatic rings. The van der Waals surface area contributed by atoms with Crippen LogP contribution in [0.25, 0.3) is 0 Å². The number of anilines is 1. The molecule has 0 radical (unpaired) electrons. The van der Waals surface area contributed by atoms with Crippen molar-refractivity contribution in [1.29, 1.82) is 0 Å². The highest BCUT2D eigenvalue weighted by atomic mass is 35.5. The van der Waals surface area contributed by atoms with Gasteiger partial charge in [0.05, 0.1) is 0 Å². The second-order valence-electron chi connectivity index (χ2n) is 5.66. The Kier molecular flexibility index (Phi) is 5.80. The van der Waals surface area contributed by atoms with Gasteiger partial charge in [0.1, 0.15) is 0 Å². The number of rotatable bonds is 7. The minimum Gasteiger partial charge on any atom is -0.338 e. The maximum Gasteiger partial charge on any atom is 0.225 e. The molecule has 6 heteroatoms. The van der Waals surface area contributed by atoms with Crippen LogP contribution in [0.2, 0.25) is 5.02 Å². The number of nitrogens with two attached hydrogens (primary N) is 1. The van der Waals surface area contributed by atoms with E-state index in [0.717, 1.165) is 24.8 Å². The molecule has 120 valence electrons. The highest BCUT2D eigenvalue weighted by Gasteiger charge is 2.33. The predicted octanol–water partition coefficient (Wildman–Crippen LogP) is 2.39. The lowest BCUT2D eigenvalue weighted by Gasteiger charge is -2.23. The summed E-state index contributed by atoms with van der Waals surface area (Å²) in [5.41, 5.74) is 7.08. The van der Waals surface area contributed by atoms with Crippen LogP contribution >= 0.6 is 11.6 Å². The molecule has 0 unspecified atom stereocenters. The van der Waals surface area contributed by atoms with E-state index < -0.39 is 0 Å². The number of hydrogen-bond acceptors (Lipinski definition) is 3. The van der Waals surface area contributed by atoms with Crippen molar-refractivity contribution >= 4 is 29.1 Å². The third-order valence-electron chi connectivity index (χ3n) is 3.60. The number of amides is 2. The lowest BCUT2D eigenvalue weighted by molar-refractivity contribution is -0.133. The van der Waals surface area contributed by atoms with Crippen LogP contribution in [0, 0.1) is 5.92 Å². The zero-order chi connectivity index (χ0) is 16.1. The van der Waals surface area contributed by atoms with Crippen LogP contribution in [0.1, 0.15) is 31.7 Å². The molecule has 0 saturated heterocycles. The van der Waals surface area contributed by atoms with Gasteiger partial charge in [-0.3, -0.25) is 9.59 Å². The Morgan fingerprint density at radius 3 is 2.73 bits per heavy atom. The molecular formula is C16H22ClN3O2. The van der Waals surface area contributed by atoms with E-state index in [4.69, 9.17) is 17.3 Å². The van der Waals surface area contributed by atoms with Gasteiger partial charge in [-0.1, -0.05) is 11.6 Å². The smallest absolute Gasteiger partial charge is 0.225 e. The van der Waals surface area contributed by atoms with Crippen molar-refractivity contribution in [2.45, 2.75) is 32.7 Å². The molecule has 1 aliphatic carbocycles. The Balaban J connectivity index is 2.13. The molecule has 0 aliphatic heterocycles. The zero-order valence-corrected chi connectivity index (χ0v) is 13.5. The summed E-state index contributed by atoms with van der Waals surface area (Å²) in [5, 5.41) is 3.33. The second kappa shape index (κ2) is 7.61. The van der Waals surface area contributed by atoms with Crippen LogP contribution in [0.5, 0.6) is 0 Å². The van der Waals surface area contributed by atoms with Gasteiger partial charge >= 0.3 is 0 Å². The fourth-order valence-corrected chi connectivity index (χ4v) is 2.50. The summed E-state index contributed by atoms with van der Waals surface area (Å²) in [4.78, 5) is 25.3. The number of nitrogens with one attached hydrogen (secondary N) is 1. The number of hydrogen-bond donors (Lipinski definition) is 2. The molecule has 3 N–H and O–H groups in total. The third kappa shape index (κ3) is 4.71. The summed E-state index contributed by atoms with van der Waals surface area (Å²) in [6.45, 7) is 3.08. The predicted molar refractivity (Wildman–Crippen MR) is 87.6 cm³/mol. The van der Waals surface area contributed by atoms with Crippen molar-refractivity contribution in [3.05, 3.63) is 28.8 Å². The van der Waals surface area contributed by atoms with Gasteiger partial charge in [-0.2, -0.15) is 0 Å². The minimum absolute atomic E-state index is 0.137. The Morgan fingerprint density at radius 1 is 1.41 bits per heavy atom. The highest BCUT2D eigenvalue weighted by molar-refractivity contribution is 6.31. The first kappa shape index (κ1) is 16.8. The van der Waals surface area contributed by atoms with Crippen LogP contribution in [-0.4, -0.2) is 29.8 Å². The fourth-order valence-electron chi connectivity index (χ4n) is 2.32. The number of halogens is 1. The molecule has 0 spiro atoms. The maximum absolute atomic E-state index is 12.4. The summed E-state index contributed by atoms with van der Waals surface area (Å²) in [7, 11) is 0. The topological polar surface area (TPSA) is 75.4 Å². The van der Waals surface area contributed by atoms with E-state index in [-0.39, 0.29) is 17.7 Å². The summed E-state index contributed by atoms with van der Waals surface area (Å²) in [5.74, 6) is 0.201. The first-order chi connectivity index (χ1) is 10.5. The van der Waals surface area contributed by atoms with Crippen LogP contribution in [0.4, 0.5) is 5.69 Å². The lowest BCUT2D eigenvalue weighted by atomic mass is 10.1. The Morgan fingerprint density at radius 2 is 2.14 bits per heavy atom. The molecule has 2 amide bonds. The van der Waals surface area contributed by atoms with Crippen LogP contribution in [-0.2, 0) is 16.1 Å². The van der Waals surface area contributed by atoms with Crippen molar-refractivity contribution < 1.29 is 9.59 Å². The van der Waals surface area contributed by atoms with Gasteiger partial charge in [0.2, 0.25) is 11.8 Å². The summed E-state index contributed by atoms with van der Waals surface area (Å²) in [6.07, 6.45) is 2.71. The van der Waals surface area contributed by atoms with Crippen molar-refractivity contribution in [3.8, 4) is 0 Å². The summed E-state index contributed by atoms with van der Waals surface area (Å²) < 4.78 is 0. The fraction of sp³-hybridized carbons (Fsp3) is 0.500. The quantitative estimate of drug-likeness (QED) is 0.809. The molecular weight excluding hydrogens is 302 g/mol. The number of benzene rings is 1. The van der Waals surface area contributed by atoms with Gasteiger partial charge in [-0.05, 0) is 49.6 Å². The van der Waals surface area contributed by atoms with E-state index in [1.165, 1.54) is 6.92 Å². The van der Waals surface area contributed by atoms with Crippen LogP contribution < -0.4 is 11.1 Å². The van der Waals surface area contributed by atoms with Crippen LogP contribution in [0.15, 0.2) is 18.2 Å². The first-order valence-electron chi connectivity index (χ1n) is 7.56. The monoisotopic (exact) mass is 323 g/mol. The number of carbonyl (C=O) groups excluding carboxylic acids is 2. The molecule has 1 aromatic carbocycles.